The van der Waals surface area contributed by atoms with Gasteiger partial charge in [-0.1, -0.05) is 0 Å². The first-order valence-corrected chi connectivity index (χ1v) is 8.59. The van der Waals surface area contributed by atoms with Crippen LogP contribution in [0.15, 0.2) is 33.1 Å². The van der Waals surface area contributed by atoms with Crippen LogP contribution in [-0.2, 0) is 17.1 Å². The molecule has 8 nitrogen and oxygen atoms in total. The van der Waals surface area contributed by atoms with Gasteiger partial charge < -0.3 is 28.6 Å². The number of nitrogens with one attached hydrogen (secondary N) is 2. The molecule has 14 heteroatoms. The zero-order valence-corrected chi connectivity index (χ0v) is 15.8. The highest BCUT2D eigenvalue weighted by molar-refractivity contribution is 5.93. The lowest BCUT2D eigenvalue weighted by atomic mass is 10.4. The molecule has 0 fully saturated rings. The summed E-state index contributed by atoms with van der Waals surface area (Å²) >= 11 is 0. The van der Waals surface area contributed by atoms with Gasteiger partial charge >= 0.3 is 24.3 Å². The first kappa shape index (κ1) is 22.8. The Morgan fingerprint density at radius 1 is 0.875 bits per heavy atom. The lowest BCUT2D eigenvalue weighted by Gasteiger charge is -2.00. The summed E-state index contributed by atoms with van der Waals surface area (Å²) in [6.07, 6.45) is -9.10. The molecule has 0 aliphatic rings. The Labute approximate surface area is 172 Å². The van der Waals surface area contributed by atoms with Crippen molar-refractivity contribution in [1.82, 2.24) is 9.97 Å². The van der Waals surface area contributed by atoms with Crippen LogP contribution in [0.2, 0.25) is 0 Å². The number of hydrogen-bond donors (Lipinski definition) is 3. The molecule has 0 saturated carbocycles. The van der Waals surface area contributed by atoms with Crippen LogP contribution in [0.25, 0.3) is 22.2 Å². The number of ether oxygens (including phenoxy) is 1. The van der Waals surface area contributed by atoms with Crippen LogP contribution < -0.4 is 0 Å². The number of carbonyl (C=O) groups is 2. The first-order chi connectivity index (χ1) is 14.8. The fraction of sp³-hybridized carbons (Fsp3) is 0.222. The van der Waals surface area contributed by atoms with Gasteiger partial charge in [0.1, 0.15) is 11.4 Å². The molecule has 0 aliphatic heterocycles. The number of esters is 1. The lowest BCUT2D eigenvalue weighted by Crippen LogP contribution is -2.05. The van der Waals surface area contributed by atoms with Gasteiger partial charge in [-0.3, -0.25) is 0 Å². The fourth-order valence-electron chi connectivity index (χ4n) is 2.56. The minimum Gasteiger partial charge on any atom is -0.477 e. The average molecular weight is 466 g/mol. The highest BCUT2D eigenvalue weighted by Crippen LogP contribution is 2.34. The largest absolute Gasteiger partial charge is 0.477 e. The number of H-pyrrole nitrogens is 2. The number of carboxylic acid groups (broad SMARTS) is 1. The molecular formula is C18H12F6N2O6. The molecule has 0 spiro atoms. The number of fused-ring (bicyclic) bond motifs is 2. The summed E-state index contributed by atoms with van der Waals surface area (Å²) in [4.78, 5) is 26.5. The third-order valence-electron chi connectivity index (χ3n) is 3.90. The van der Waals surface area contributed by atoms with E-state index in [0.717, 1.165) is 18.2 Å². The van der Waals surface area contributed by atoms with E-state index in [2.05, 4.69) is 18.8 Å². The Balaban J connectivity index is 0.000000182. The SMILES string of the molecule is CCOC(=O)c1cc2oc(C(F)(F)F)cc2[nH]1.O=C(O)c1cc2oc(C(F)(F)F)cc2[nH]1. The normalized spacial score (nSPS) is 12.1. The Morgan fingerprint density at radius 3 is 1.69 bits per heavy atom. The molecule has 0 amide bonds. The summed E-state index contributed by atoms with van der Waals surface area (Å²) in [5, 5.41) is 8.54. The third kappa shape index (κ3) is 4.73. The van der Waals surface area contributed by atoms with Crippen molar-refractivity contribution in [3.63, 3.8) is 0 Å². The minimum absolute atomic E-state index is 0.0136. The average Bonchev–Trinajstić information content (AvgIpc) is 3.38. The molecule has 0 unspecified atom stereocenters. The van der Waals surface area contributed by atoms with Crippen LogP contribution in [0.3, 0.4) is 0 Å². The van der Waals surface area contributed by atoms with Crippen molar-refractivity contribution in [2.45, 2.75) is 19.3 Å². The number of carboxylic acids is 1. The molecular weight excluding hydrogens is 454 g/mol. The second-order valence-corrected chi connectivity index (χ2v) is 6.16. The van der Waals surface area contributed by atoms with E-state index < -0.39 is 35.8 Å². The monoisotopic (exact) mass is 466 g/mol. The Kier molecular flexibility index (Phi) is 5.72. The number of aromatic amines is 2. The van der Waals surface area contributed by atoms with E-state index in [9.17, 15) is 35.9 Å². The van der Waals surface area contributed by atoms with Gasteiger partial charge in [-0.25, -0.2) is 9.59 Å². The quantitative estimate of drug-likeness (QED) is 0.273. The Bertz CT molecular complexity index is 1210. The molecule has 0 aromatic carbocycles. The zero-order valence-electron chi connectivity index (χ0n) is 15.8. The lowest BCUT2D eigenvalue weighted by molar-refractivity contribution is -0.152. The second-order valence-electron chi connectivity index (χ2n) is 6.16. The summed E-state index contributed by atoms with van der Waals surface area (Å²) in [6.45, 7) is 1.82. The van der Waals surface area contributed by atoms with Gasteiger partial charge in [0.15, 0.2) is 11.2 Å². The molecule has 0 saturated heterocycles. The second kappa shape index (κ2) is 8.01. The van der Waals surface area contributed by atoms with Gasteiger partial charge in [0.2, 0.25) is 11.5 Å². The molecule has 0 bridgehead atoms. The van der Waals surface area contributed by atoms with Crippen LogP contribution in [0, 0.1) is 0 Å². The number of aromatic carboxylic acids is 1. The smallest absolute Gasteiger partial charge is 0.449 e. The van der Waals surface area contributed by atoms with Crippen molar-refractivity contribution in [2.24, 2.45) is 0 Å². The van der Waals surface area contributed by atoms with E-state index in [-0.39, 0.29) is 40.2 Å². The number of alkyl halides is 6. The molecule has 3 N–H and O–H groups in total. The molecule has 0 radical (unpaired) electrons. The molecule has 0 aliphatic carbocycles. The van der Waals surface area contributed by atoms with Crippen molar-refractivity contribution >= 4 is 34.1 Å². The highest BCUT2D eigenvalue weighted by atomic mass is 19.4. The maximum atomic E-state index is 12.3. The van der Waals surface area contributed by atoms with Crippen LogP contribution in [0.5, 0.6) is 0 Å². The van der Waals surface area contributed by atoms with Crippen LogP contribution >= 0.6 is 0 Å². The fourth-order valence-corrected chi connectivity index (χ4v) is 2.56. The highest BCUT2D eigenvalue weighted by Gasteiger charge is 2.36. The molecule has 0 atom stereocenters. The summed E-state index contributed by atoms with van der Waals surface area (Å²) in [6, 6.07) is 3.72. The first-order valence-electron chi connectivity index (χ1n) is 8.59. The predicted octanol–water partition coefficient (Wildman–Crippen LogP) is 5.43. The van der Waals surface area contributed by atoms with E-state index >= 15 is 0 Å². The summed E-state index contributed by atoms with van der Waals surface area (Å²) in [5.74, 6) is -4.14. The molecule has 172 valence electrons. The topological polar surface area (TPSA) is 121 Å². The Morgan fingerprint density at radius 2 is 1.31 bits per heavy atom. The number of hydrogen-bond acceptors (Lipinski definition) is 5. The molecule has 4 rings (SSSR count). The third-order valence-corrected chi connectivity index (χ3v) is 3.90. The summed E-state index contributed by atoms with van der Waals surface area (Å²) < 4.78 is 87.0. The van der Waals surface area contributed by atoms with Gasteiger partial charge in [-0.2, -0.15) is 26.3 Å². The summed E-state index contributed by atoms with van der Waals surface area (Å²) in [5.41, 5.74) is -0.174. The summed E-state index contributed by atoms with van der Waals surface area (Å²) in [7, 11) is 0. The van der Waals surface area contributed by atoms with E-state index in [1.807, 2.05) is 0 Å². The van der Waals surface area contributed by atoms with Crippen molar-refractivity contribution in [2.75, 3.05) is 6.61 Å². The van der Waals surface area contributed by atoms with Gasteiger partial charge in [0.05, 0.1) is 17.6 Å². The molecule has 4 aromatic heterocycles. The zero-order chi connectivity index (χ0) is 23.8. The molecule has 4 aromatic rings. The molecule has 32 heavy (non-hydrogen) atoms. The number of carbonyl (C=O) groups excluding carboxylic acids is 1. The van der Waals surface area contributed by atoms with Gasteiger partial charge in [0, 0.05) is 24.3 Å². The number of aromatic nitrogens is 2. The maximum Gasteiger partial charge on any atom is 0.449 e. The van der Waals surface area contributed by atoms with E-state index in [0.29, 0.717) is 0 Å². The maximum absolute atomic E-state index is 12.3. The van der Waals surface area contributed by atoms with Crippen LogP contribution in [-0.4, -0.2) is 33.6 Å². The molecule has 4 heterocycles. The number of halogens is 6. The van der Waals surface area contributed by atoms with Crippen molar-refractivity contribution in [3.05, 3.63) is 47.2 Å². The van der Waals surface area contributed by atoms with Crippen LogP contribution in [0.4, 0.5) is 26.3 Å². The van der Waals surface area contributed by atoms with E-state index in [4.69, 9.17) is 9.84 Å². The van der Waals surface area contributed by atoms with Crippen molar-refractivity contribution < 1.29 is 54.6 Å². The van der Waals surface area contributed by atoms with Crippen molar-refractivity contribution in [1.29, 1.82) is 0 Å². The van der Waals surface area contributed by atoms with E-state index in [1.165, 1.54) is 6.07 Å². The number of rotatable bonds is 3. The standard InChI is InChI=1S/C10H8F3NO3.C8H4F3NO3/c1-2-16-9(15)6-3-7-5(14-6)4-8(17-7)10(11,12)13;9-8(10,11)6-2-3-5(15-6)1-4(12-3)7(13)14/h3-4,14H,2H2,1H3;1-2,12H,(H,13,14). The Hall–Kier alpha value is -3.84. The van der Waals surface area contributed by atoms with Gasteiger partial charge in [-0.05, 0) is 6.92 Å². The van der Waals surface area contributed by atoms with Gasteiger partial charge in [-0.15, -0.1) is 0 Å². The van der Waals surface area contributed by atoms with E-state index in [1.54, 1.807) is 6.92 Å². The number of furan rings is 2. The van der Waals surface area contributed by atoms with Gasteiger partial charge in [0.25, 0.3) is 0 Å². The minimum atomic E-state index is -4.57. The van der Waals surface area contributed by atoms with Crippen LogP contribution in [0.1, 0.15) is 39.4 Å². The predicted molar refractivity (Wildman–Crippen MR) is 94.0 cm³/mol. The van der Waals surface area contributed by atoms with Crippen molar-refractivity contribution in [3.8, 4) is 0 Å².